The van der Waals surface area contributed by atoms with Crippen LogP contribution in [-0.2, 0) is 11.3 Å². The van der Waals surface area contributed by atoms with Gasteiger partial charge in [0.25, 0.3) is 5.56 Å². The first-order chi connectivity index (χ1) is 20.0. The van der Waals surface area contributed by atoms with Gasteiger partial charge in [0.2, 0.25) is 11.8 Å². The predicted octanol–water partition coefficient (Wildman–Crippen LogP) is 3.69. The molecule has 0 unspecified atom stereocenters. The van der Waals surface area contributed by atoms with Crippen molar-refractivity contribution in [1.82, 2.24) is 34.7 Å². The number of anilines is 2. The lowest BCUT2D eigenvalue weighted by Crippen LogP contribution is -2.43. The molecular weight excluding hydrogens is 520 g/mol. The van der Waals surface area contributed by atoms with E-state index in [1.807, 2.05) is 36.5 Å². The molecule has 0 saturated carbocycles. The molecule has 5 aromatic rings. The molecule has 11 heteroatoms. The highest BCUT2D eigenvalue weighted by atomic mass is 16.5. The lowest BCUT2D eigenvalue weighted by atomic mass is 10.0. The van der Waals surface area contributed by atoms with Gasteiger partial charge in [-0.05, 0) is 49.4 Å². The van der Waals surface area contributed by atoms with Gasteiger partial charge in [-0.1, -0.05) is 18.2 Å². The van der Waals surface area contributed by atoms with Gasteiger partial charge in [-0.15, -0.1) is 0 Å². The minimum Gasteiger partial charge on any atom is -0.475 e. The average molecular weight is 555 g/mol. The maximum absolute atomic E-state index is 12.6. The van der Waals surface area contributed by atoms with E-state index in [1.54, 1.807) is 14.0 Å². The maximum atomic E-state index is 12.6. The molecule has 2 aromatic carbocycles. The maximum Gasteiger partial charge on any atom is 0.258 e. The van der Waals surface area contributed by atoms with Gasteiger partial charge in [0.05, 0.1) is 22.9 Å². The number of likely N-dealkylation sites (N-methyl/N-ethyl adjacent to an activating group) is 1. The summed E-state index contributed by atoms with van der Waals surface area (Å²) in [6.45, 7) is 7.82. The number of methoxy groups -OCH3 is 1. The fourth-order valence-corrected chi connectivity index (χ4v) is 5.12. The molecule has 0 spiro atoms. The smallest absolute Gasteiger partial charge is 0.258 e. The zero-order valence-electron chi connectivity index (χ0n) is 23.5. The Morgan fingerprint density at radius 3 is 2.59 bits per heavy atom. The van der Waals surface area contributed by atoms with Crippen molar-refractivity contribution >= 4 is 33.6 Å². The number of piperazine rings is 1. The molecular formula is C30H34N8O3. The predicted molar refractivity (Wildman–Crippen MR) is 160 cm³/mol. The Bertz CT molecular complexity index is 1720. The zero-order valence-corrected chi connectivity index (χ0v) is 23.5. The molecule has 1 fully saturated rings. The second-order valence-electron chi connectivity index (χ2n) is 10.4. The van der Waals surface area contributed by atoms with Crippen LogP contribution in [0.15, 0.2) is 53.5 Å². The number of H-pyrrole nitrogens is 2. The Hall–Kier alpha value is -4.32. The van der Waals surface area contributed by atoms with Crippen LogP contribution >= 0.6 is 0 Å². The number of rotatable bonds is 9. The summed E-state index contributed by atoms with van der Waals surface area (Å²) in [5.74, 6) is 1.42. The van der Waals surface area contributed by atoms with Gasteiger partial charge < -0.3 is 29.7 Å². The molecule has 0 amide bonds. The second kappa shape index (κ2) is 11.7. The minimum atomic E-state index is -0.178. The number of hydrogen-bond acceptors (Lipinski definition) is 9. The van der Waals surface area contributed by atoms with E-state index in [0.29, 0.717) is 47.4 Å². The number of benzene rings is 2. The normalized spacial score (nSPS) is 14.6. The largest absolute Gasteiger partial charge is 0.475 e. The molecule has 0 atom stereocenters. The third-order valence-electron chi connectivity index (χ3n) is 7.37. The number of hydrogen-bond donors (Lipinski definition) is 3. The van der Waals surface area contributed by atoms with E-state index >= 15 is 0 Å². The monoisotopic (exact) mass is 554 g/mol. The molecule has 4 heterocycles. The Morgan fingerprint density at radius 1 is 1.00 bits per heavy atom. The molecule has 0 aliphatic carbocycles. The second-order valence-corrected chi connectivity index (χ2v) is 10.4. The van der Waals surface area contributed by atoms with Crippen LogP contribution in [0.5, 0.6) is 5.88 Å². The number of aromatic amines is 2. The van der Waals surface area contributed by atoms with Crippen LogP contribution in [0.2, 0.25) is 0 Å². The van der Waals surface area contributed by atoms with Crippen LogP contribution in [0.4, 0.5) is 11.6 Å². The van der Waals surface area contributed by atoms with Gasteiger partial charge in [-0.25, -0.2) is 4.98 Å². The number of fused-ring (bicyclic) bond motifs is 2. The Balaban J connectivity index is 1.28. The highest BCUT2D eigenvalue weighted by molar-refractivity contribution is 5.99. The zero-order chi connectivity index (χ0) is 28.3. The first-order valence-electron chi connectivity index (χ1n) is 13.8. The van der Waals surface area contributed by atoms with Crippen molar-refractivity contribution in [1.29, 1.82) is 0 Å². The molecule has 41 heavy (non-hydrogen) atoms. The van der Waals surface area contributed by atoms with Crippen molar-refractivity contribution in [3.8, 4) is 17.0 Å². The molecule has 6 rings (SSSR count). The van der Waals surface area contributed by atoms with Crippen molar-refractivity contribution in [3.05, 3.63) is 70.4 Å². The molecule has 3 aromatic heterocycles. The van der Waals surface area contributed by atoms with E-state index in [4.69, 9.17) is 19.4 Å². The summed E-state index contributed by atoms with van der Waals surface area (Å²) < 4.78 is 11.3. The highest BCUT2D eigenvalue weighted by Crippen LogP contribution is 2.35. The Morgan fingerprint density at radius 2 is 1.80 bits per heavy atom. The third kappa shape index (κ3) is 5.92. The summed E-state index contributed by atoms with van der Waals surface area (Å²) in [6, 6.07) is 14.0. The van der Waals surface area contributed by atoms with Gasteiger partial charge in [0, 0.05) is 57.3 Å². The van der Waals surface area contributed by atoms with E-state index in [9.17, 15) is 4.79 Å². The van der Waals surface area contributed by atoms with Gasteiger partial charge >= 0.3 is 0 Å². The van der Waals surface area contributed by atoms with Gasteiger partial charge in [0.1, 0.15) is 18.1 Å². The molecule has 212 valence electrons. The van der Waals surface area contributed by atoms with Crippen LogP contribution in [-0.4, -0.2) is 88.3 Å². The summed E-state index contributed by atoms with van der Waals surface area (Å²) in [4.78, 5) is 37.4. The summed E-state index contributed by atoms with van der Waals surface area (Å²) in [5, 5.41) is 4.56. The highest BCUT2D eigenvalue weighted by Gasteiger charge is 2.18. The van der Waals surface area contributed by atoms with Crippen molar-refractivity contribution in [2.75, 3.05) is 58.9 Å². The number of aryl methyl sites for hydroxylation is 1. The van der Waals surface area contributed by atoms with Crippen molar-refractivity contribution < 1.29 is 9.47 Å². The molecule has 3 N–H and O–H groups in total. The van der Waals surface area contributed by atoms with Crippen LogP contribution in [0.3, 0.4) is 0 Å². The number of ether oxygens (including phenoxy) is 2. The third-order valence-corrected chi connectivity index (χ3v) is 7.37. The molecule has 1 saturated heterocycles. The first-order valence-corrected chi connectivity index (χ1v) is 13.8. The summed E-state index contributed by atoms with van der Waals surface area (Å²) in [5.41, 5.74) is 4.90. The molecule has 11 nitrogen and oxygen atoms in total. The van der Waals surface area contributed by atoms with E-state index < -0.39 is 0 Å². The van der Waals surface area contributed by atoms with E-state index in [-0.39, 0.29) is 5.56 Å². The lowest BCUT2D eigenvalue weighted by molar-refractivity contribution is 0.144. The van der Waals surface area contributed by atoms with Crippen LogP contribution < -0.4 is 15.6 Å². The van der Waals surface area contributed by atoms with E-state index in [1.165, 1.54) is 5.56 Å². The van der Waals surface area contributed by atoms with Crippen LogP contribution in [0, 0.1) is 6.92 Å². The number of nitrogens with zero attached hydrogens (tertiary/aromatic N) is 5. The first kappa shape index (κ1) is 26.9. The average Bonchev–Trinajstić information content (AvgIpc) is 3.39. The SMILES string of the molecule is COCCOc1nc(Nc2ccc(CN3CCN(C)CC3)cc2)nc2[nH]cc(-c3ccc4nc(C)[nH]c(=O)c4c3)c12. The fraction of sp³-hybridized carbons (Fsp3) is 0.333. The topological polar surface area (TPSA) is 124 Å². The van der Waals surface area contributed by atoms with Crippen molar-refractivity contribution in [3.63, 3.8) is 0 Å². The quantitative estimate of drug-likeness (QED) is 0.234. The van der Waals surface area contributed by atoms with Gasteiger partial charge in [0.15, 0.2) is 0 Å². The molecule has 1 aliphatic rings. The van der Waals surface area contributed by atoms with E-state index in [2.05, 4.69) is 49.2 Å². The van der Waals surface area contributed by atoms with Crippen molar-refractivity contribution in [2.24, 2.45) is 0 Å². The van der Waals surface area contributed by atoms with Gasteiger partial charge in [-0.2, -0.15) is 9.97 Å². The summed E-state index contributed by atoms with van der Waals surface area (Å²) in [6.07, 6.45) is 1.86. The van der Waals surface area contributed by atoms with E-state index in [0.717, 1.165) is 54.9 Å². The molecule has 0 radical (unpaired) electrons. The molecule has 0 bridgehead atoms. The number of nitrogens with one attached hydrogen (secondary N) is 3. The van der Waals surface area contributed by atoms with Crippen molar-refractivity contribution in [2.45, 2.75) is 13.5 Å². The van der Waals surface area contributed by atoms with Gasteiger partial charge in [-0.3, -0.25) is 9.69 Å². The Kier molecular flexibility index (Phi) is 7.64. The lowest BCUT2D eigenvalue weighted by Gasteiger charge is -2.32. The summed E-state index contributed by atoms with van der Waals surface area (Å²) in [7, 11) is 3.80. The summed E-state index contributed by atoms with van der Waals surface area (Å²) >= 11 is 0. The Labute approximate surface area is 237 Å². The molecule has 1 aliphatic heterocycles. The fourth-order valence-electron chi connectivity index (χ4n) is 5.12. The standard InChI is InChI=1S/C30H34N8O3/c1-19-32-25-9-6-21(16-23(25)28(39)33-19)24-17-31-27-26(24)29(41-15-14-40-3)36-30(35-27)34-22-7-4-20(5-8-22)18-38-12-10-37(2)11-13-38/h4-9,16-17H,10-15,18H2,1-3H3,(H,32,33,39)(H2,31,34,35,36). The van der Waals surface area contributed by atoms with Crippen LogP contribution in [0.1, 0.15) is 11.4 Å². The number of aromatic nitrogens is 5. The van der Waals surface area contributed by atoms with Crippen LogP contribution in [0.25, 0.3) is 33.1 Å². The minimum absolute atomic E-state index is 0.178.